The van der Waals surface area contributed by atoms with Crippen molar-refractivity contribution in [1.29, 1.82) is 0 Å². The SMILES string of the molecule is COc1ccc(-n2nnnc2S[C@@H]2CC3C(C)(COC(C)=O)[C@@H](C)CC[C@]3(C)C3[C@@H](O)c4c(cc(-c5cccnc5)oc4=O)O[C@@]32C)cc1. The summed E-state index contributed by atoms with van der Waals surface area (Å²) in [6, 6.07) is 12.7. The monoisotopic (exact) mass is 687 g/mol. The van der Waals surface area contributed by atoms with Crippen molar-refractivity contribution in [3.05, 3.63) is 70.8 Å². The Hall–Kier alpha value is -4.23. The van der Waals surface area contributed by atoms with Crippen LogP contribution in [0, 0.1) is 28.6 Å². The molecule has 2 saturated carbocycles. The van der Waals surface area contributed by atoms with E-state index in [-0.39, 0.29) is 41.0 Å². The van der Waals surface area contributed by atoms with Crippen LogP contribution in [-0.2, 0) is 9.53 Å². The number of aromatic nitrogens is 5. The van der Waals surface area contributed by atoms with Crippen LogP contribution < -0.4 is 15.1 Å². The lowest BCUT2D eigenvalue weighted by atomic mass is 9.42. The van der Waals surface area contributed by atoms with Gasteiger partial charge in [-0.3, -0.25) is 9.78 Å². The van der Waals surface area contributed by atoms with E-state index in [1.807, 2.05) is 31.2 Å². The molecule has 3 aliphatic rings. The first-order valence-corrected chi connectivity index (χ1v) is 17.5. The molecule has 4 aromatic rings. The molecular formula is C36H41N5O7S. The van der Waals surface area contributed by atoms with Crippen molar-refractivity contribution in [2.45, 2.75) is 76.0 Å². The Morgan fingerprint density at radius 2 is 1.96 bits per heavy atom. The fourth-order valence-corrected chi connectivity index (χ4v) is 10.3. The number of carbonyl (C=O) groups is 1. The Balaban J connectivity index is 1.37. The van der Waals surface area contributed by atoms with Crippen LogP contribution in [0.25, 0.3) is 17.0 Å². The Morgan fingerprint density at radius 3 is 2.65 bits per heavy atom. The van der Waals surface area contributed by atoms with Gasteiger partial charge in [0, 0.05) is 42.3 Å². The highest BCUT2D eigenvalue weighted by atomic mass is 32.2. The van der Waals surface area contributed by atoms with E-state index in [9.17, 15) is 14.7 Å². The zero-order valence-corrected chi connectivity index (χ0v) is 29.3. The molecule has 7 rings (SSSR count). The molecule has 0 saturated heterocycles. The van der Waals surface area contributed by atoms with Crippen LogP contribution >= 0.6 is 11.8 Å². The maximum atomic E-state index is 13.7. The third-order valence-corrected chi connectivity index (χ3v) is 13.1. The predicted molar refractivity (Wildman–Crippen MR) is 180 cm³/mol. The second-order valence-electron chi connectivity index (χ2n) is 14.3. The van der Waals surface area contributed by atoms with E-state index in [0.717, 1.165) is 18.5 Å². The van der Waals surface area contributed by atoms with E-state index in [2.05, 4.69) is 41.3 Å². The van der Waals surface area contributed by atoms with Gasteiger partial charge in [0.05, 0.1) is 30.8 Å². The molecule has 0 spiro atoms. The van der Waals surface area contributed by atoms with Gasteiger partial charge in [0.25, 0.3) is 0 Å². The van der Waals surface area contributed by atoms with Gasteiger partial charge in [0.1, 0.15) is 28.4 Å². The lowest BCUT2D eigenvalue weighted by Gasteiger charge is -2.67. The lowest BCUT2D eigenvalue weighted by molar-refractivity contribution is -0.220. The van der Waals surface area contributed by atoms with Gasteiger partial charge in [-0.05, 0) is 90.3 Å². The third kappa shape index (κ3) is 5.41. The molecule has 258 valence electrons. The summed E-state index contributed by atoms with van der Waals surface area (Å²) in [5, 5.41) is 25.5. The van der Waals surface area contributed by atoms with Crippen LogP contribution in [0.15, 0.2) is 69.2 Å². The molecule has 0 radical (unpaired) electrons. The fraction of sp³-hybridized carbons (Fsp3) is 0.500. The first-order chi connectivity index (χ1) is 23.4. The number of nitrogens with zero attached hydrogens (tertiary/aromatic N) is 5. The zero-order chi connectivity index (χ0) is 34.7. The molecule has 4 heterocycles. The third-order valence-electron chi connectivity index (χ3n) is 11.7. The summed E-state index contributed by atoms with van der Waals surface area (Å²) < 4.78 is 25.6. The minimum atomic E-state index is -1.19. The van der Waals surface area contributed by atoms with Crippen molar-refractivity contribution in [2.24, 2.45) is 28.6 Å². The number of thioether (sulfide) groups is 1. The van der Waals surface area contributed by atoms with Crippen LogP contribution in [0.1, 0.15) is 65.5 Å². The van der Waals surface area contributed by atoms with Crippen molar-refractivity contribution in [3.63, 3.8) is 0 Å². The molecule has 1 N–H and O–H groups in total. The van der Waals surface area contributed by atoms with Crippen LogP contribution in [0.3, 0.4) is 0 Å². The highest BCUT2D eigenvalue weighted by Gasteiger charge is 2.69. The number of carbonyl (C=O) groups excluding carboxylic acids is 1. The summed E-state index contributed by atoms with van der Waals surface area (Å²) >= 11 is 1.49. The molecule has 12 nitrogen and oxygen atoms in total. The number of benzene rings is 1. The number of aliphatic hydroxyl groups is 1. The van der Waals surface area contributed by atoms with Gasteiger partial charge in [0.15, 0.2) is 0 Å². The Kier molecular flexibility index (Phi) is 8.33. The number of tetrazole rings is 1. The average molecular weight is 688 g/mol. The molecule has 0 amide bonds. The second kappa shape index (κ2) is 12.3. The molecule has 0 bridgehead atoms. The van der Waals surface area contributed by atoms with Gasteiger partial charge in [-0.2, -0.15) is 4.68 Å². The van der Waals surface area contributed by atoms with Gasteiger partial charge in [0.2, 0.25) is 5.16 Å². The number of fused-ring (bicyclic) bond motifs is 4. The van der Waals surface area contributed by atoms with Gasteiger partial charge in [-0.1, -0.05) is 32.5 Å². The maximum Gasteiger partial charge on any atom is 0.345 e. The molecule has 8 atom stereocenters. The summed E-state index contributed by atoms with van der Waals surface area (Å²) in [5.74, 6) is 0.656. The van der Waals surface area contributed by atoms with Crippen molar-refractivity contribution < 1.29 is 28.5 Å². The van der Waals surface area contributed by atoms with E-state index in [4.69, 9.17) is 18.6 Å². The zero-order valence-electron chi connectivity index (χ0n) is 28.5. The Morgan fingerprint density at radius 1 is 1.18 bits per heavy atom. The number of esters is 1. The summed E-state index contributed by atoms with van der Waals surface area (Å²) in [5.41, 5.74) is -1.05. The Bertz CT molecular complexity index is 1920. The molecule has 3 unspecified atom stereocenters. The van der Waals surface area contributed by atoms with E-state index in [1.54, 1.807) is 42.4 Å². The van der Waals surface area contributed by atoms with Crippen LogP contribution in [0.2, 0.25) is 0 Å². The van der Waals surface area contributed by atoms with Crippen LogP contribution in [-0.4, -0.2) is 60.8 Å². The van der Waals surface area contributed by atoms with Crippen molar-refractivity contribution in [1.82, 2.24) is 25.2 Å². The summed E-state index contributed by atoms with van der Waals surface area (Å²) in [6.07, 6.45) is 4.39. The van der Waals surface area contributed by atoms with Gasteiger partial charge in [-0.15, -0.1) is 5.10 Å². The van der Waals surface area contributed by atoms with Crippen LogP contribution in [0.5, 0.6) is 11.5 Å². The molecular weight excluding hydrogens is 646 g/mol. The highest BCUT2D eigenvalue weighted by molar-refractivity contribution is 7.99. The van der Waals surface area contributed by atoms with Gasteiger partial charge < -0.3 is 23.7 Å². The second-order valence-corrected chi connectivity index (χ2v) is 15.5. The lowest BCUT2D eigenvalue weighted by Crippen LogP contribution is -2.69. The quantitative estimate of drug-likeness (QED) is 0.238. The van der Waals surface area contributed by atoms with E-state index in [0.29, 0.717) is 28.7 Å². The number of hydrogen-bond acceptors (Lipinski definition) is 12. The number of ether oxygens (including phenoxy) is 3. The van der Waals surface area contributed by atoms with Crippen molar-refractivity contribution >= 4 is 17.7 Å². The molecule has 1 aromatic carbocycles. The largest absolute Gasteiger partial charge is 0.497 e. The number of hydrogen-bond donors (Lipinski definition) is 1. The van der Waals surface area contributed by atoms with Gasteiger partial charge in [-0.25, -0.2) is 4.79 Å². The average Bonchev–Trinajstić information content (AvgIpc) is 3.55. The summed E-state index contributed by atoms with van der Waals surface area (Å²) in [4.78, 5) is 30.0. The molecule has 49 heavy (non-hydrogen) atoms. The summed E-state index contributed by atoms with van der Waals surface area (Å²) in [7, 11) is 1.61. The normalized spacial score (nSPS) is 31.9. The number of aliphatic hydroxyl groups excluding tert-OH is 1. The van der Waals surface area contributed by atoms with Crippen LogP contribution in [0.4, 0.5) is 0 Å². The minimum absolute atomic E-state index is 0.0227. The molecule has 13 heteroatoms. The highest BCUT2D eigenvalue weighted by Crippen LogP contribution is 2.69. The number of pyridine rings is 1. The van der Waals surface area contributed by atoms with Crippen molar-refractivity contribution in [3.8, 4) is 28.5 Å². The van der Waals surface area contributed by atoms with E-state index >= 15 is 0 Å². The smallest absolute Gasteiger partial charge is 0.345 e. The standard InChI is InChI=1S/C36H41N5O7S/c1-20-13-14-34(3)27(35(20,4)19-46-21(2)42)17-28(49-33-38-39-40-41(33)23-9-11-24(45-6)12-10-23)36(5)31(34)30(43)29-26(48-36)16-25(47-32(29)44)22-8-7-15-37-18-22/h7-12,15-16,18,20,27-28,30-31,43H,13-14,17,19H2,1-6H3/t20-,27?,28+,30-,31?,34-,35?,36+/m0/s1. The number of rotatable bonds is 7. The molecule has 2 fully saturated rings. The first-order valence-electron chi connectivity index (χ1n) is 16.6. The summed E-state index contributed by atoms with van der Waals surface area (Å²) in [6.45, 7) is 10.3. The Labute approximate surface area is 288 Å². The van der Waals surface area contributed by atoms with E-state index < -0.39 is 34.1 Å². The molecule has 1 aliphatic heterocycles. The first kappa shape index (κ1) is 33.3. The molecule has 2 aliphatic carbocycles. The topological polar surface area (TPSA) is 152 Å². The molecule has 3 aromatic heterocycles. The fourth-order valence-electron chi connectivity index (χ4n) is 8.96. The predicted octanol–water partition coefficient (Wildman–Crippen LogP) is 5.67. The van der Waals surface area contributed by atoms with E-state index in [1.165, 1.54) is 18.7 Å². The number of methoxy groups -OCH3 is 1. The van der Waals surface area contributed by atoms with Gasteiger partial charge >= 0.3 is 11.6 Å². The van der Waals surface area contributed by atoms with Crippen molar-refractivity contribution in [2.75, 3.05) is 13.7 Å². The minimum Gasteiger partial charge on any atom is -0.497 e. The maximum absolute atomic E-state index is 13.7.